The molecule has 24 heavy (non-hydrogen) atoms. The van der Waals surface area contributed by atoms with Gasteiger partial charge in [-0.3, -0.25) is 4.79 Å². The van der Waals surface area contributed by atoms with Crippen LogP contribution in [0.3, 0.4) is 0 Å². The molecule has 2 rings (SSSR count). The summed E-state index contributed by atoms with van der Waals surface area (Å²) in [4.78, 5) is 10.5. The molecule has 0 aromatic heterocycles. The summed E-state index contributed by atoms with van der Waals surface area (Å²) in [5.74, 6) is 0.732. The Morgan fingerprint density at radius 2 is 1.92 bits per heavy atom. The molecule has 0 spiro atoms. The summed E-state index contributed by atoms with van der Waals surface area (Å²) in [7, 11) is 0. The number of benzene rings is 2. The topological polar surface area (TPSA) is 66.0 Å². The van der Waals surface area contributed by atoms with E-state index in [4.69, 9.17) is 16.3 Å². The van der Waals surface area contributed by atoms with E-state index in [9.17, 15) is 4.79 Å². The monoisotopic (exact) mass is 368 g/mol. The van der Waals surface area contributed by atoms with Gasteiger partial charge in [-0.05, 0) is 17.7 Å². The standard InChI is InChI=1S/C18H21ClN2O2.ClH/c19-18(15-6-2-1-3-7-15)23-17-8-4-5-14(11-17)12-21-10-9-16(20)13-22;/h1-8,11,13,16,18,21H,9-10,12,20H2;1H. The predicted octanol–water partition coefficient (Wildman–Crippen LogP) is -0.704. The van der Waals surface area contributed by atoms with Crippen LogP contribution in [-0.2, 0) is 11.3 Å². The third-order valence-electron chi connectivity index (χ3n) is 3.41. The zero-order valence-corrected chi connectivity index (χ0v) is 14.8. The number of carbonyl (C=O) groups excluding carboxylic acids is 1. The van der Waals surface area contributed by atoms with Crippen molar-refractivity contribution in [1.82, 2.24) is 5.32 Å². The van der Waals surface area contributed by atoms with E-state index in [0.29, 0.717) is 6.54 Å². The van der Waals surface area contributed by atoms with Gasteiger partial charge in [0.1, 0.15) is 11.8 Å². The van der Waals surface area contributed by atoms with E-state index in [0.717, 1.165) is 36.1 Å². The van der Waals surface area contributed by atoms with E-state index in [-0.39, 0.29) is 18.4 Å². The summed E-state index contributed by atoms with van der Waals surface area (Å²) in [6.45, 7) is 1.46. The van der Waals surface area contributed by atoms with Crippen LogP contribution in [0, 0.1) is 0 Å². The molecule has 0 saturated heterocycles. The molecule has 2 unspecified atom stereocenters. The molecule has 0 bridgehead atoms. The quantitative estimate of drug-likeness (QED) is 0.349. The largest absolute Gasteiger partial charge is 1.00 e. The van der Waals surface area contributed by atoms with E-state index in [1.54, 1.807) is 0 Å². The van der Waals surface area contributed by atoms with Crippen molar-refractivity contribution in [2.24, 2.45) is 0 Å². The maximum absolute atomic E-state index is 10.5. The fourth-order valence-electron chi connectivity index (χ4n) is 2.11. The highest BCUT2D eigenvalue weighted by atomic mass is 35.5. The average Bonchev–Trinajstić information content (AvgIpc) is 2.59. The minimum absolute atomic E-state index is 0. The van der Waals surface area contributed by atoms with Crippen LogP contribution < -0.4 is 28.2 Å². The van der Waals surface area contributed by atoms with Crippen molar-refractivity contribution in [3.05, 3.63) is 65.7 Å². The van der Waals surface area contributed by atoms with Crippen LogP contribution in [0.25, 0.3) is 0 Å². The van der Waals surface area contributed by atoms with Gasteiger partial charge in [-0.1, -0.05) is 54.1 Å². The maximum Gasteiger partial charge on any atom is 0.197 e. The van der Waals surface area contributed by atoms with E-state index in [2.05, 4.69) is 11.1 Å². The van der Waals surface area contributed by atoms with Gasteiger partial charge in [-0.2, -0.15) is 0 Å². The number of hydrogen-bond donors (Lipinski definition) is 2. The van der Waals surface area contributed by atoms with Gasteiger partial charge in [-0.25, -0.2) is 0 Å². The first-order valence-corrected chi connectivity index (χ1v) is 8.06. The Labute approximate surface area is 153 Å². The summed E-state index contributed by atoms with van der Waals surface area (Å²) in [6.07, 6.45) is 1.61. The summed E-state index contributed by atoms with van der Waals surface area (Å²) in [6, 6.07) is 17.3. The van der Waals surface area contributed by atoms with E-state index in [1.807, 2.05) is 54.6 Å². The fraction of sp³-hybridized carbons (Fsp3) is 0.278. The molecule has 2 aromatic rings. The van der Waals surface area contributed by atoms with Crippen LogP contribution in [0.4, 0.5) is 0 Å². The minimum atomic E-state index is -0.515. The van der Waals surface area contributed by atoms with Crippen LogP contribution in [-0.4, -0.2) is 18.9 Å². The Morgan fingerprint density at radius 1 is 1.17 bits per heavy atom. The number of hydrogen-bond acceptors (Lipinski definition) is 3. The lowest BCUT2D eigenvalue weighted by molar-refractivity contribution is -0.400. The lowest BCUT2D eigenvalue weighted by Crippen LogP contribution is -3.00. The highest BCUT2D eigenvalue weighted by Gasteiger charge is 2.09. The van der Waals surface area contributed by atoms with Crippen molar-refractivity contribution >= 4 is 17.9 Å². The lowest BCUT2D eigenvalue weighted by Gasteiger charge is -2.14. The zero-order valence-electron chi connectivity index (χ0n) is 13.3. The Balaban J connectivity index is 0.00000288. The summed E-state index contributed by atoms with van der Waals surface area (Å²) in [5, 5.41) is 3.29. The van der Waals surface area contributed by atoms with Gasteiger partial charge in [0, 0.05) is 25.1 Å². The summed E-state index contributed by atoms with van der Waals surface area (Å²) >= 11 is 6.29. The number of ether oxygens (including phenoxy) is 1. The molecule has 4 nitrogen and oxygen atoms in total. The predicted molar refractivity (Wildman–Crippen MR) is 91.2 cm³/mol. The van der Waals surface area contributed by atoms with Gasteiger partial charge in [0.25, 0.3) is 0 Å². The third kappa shape index (κ3) is 6.89. The molecule has 6 heteroatoms. The smallest absolute Gasteiger partial charge is 0.197 e. The molecule has 0 aliphatic heterocycles. The van der Waals surface area contributed by atoms with Gasteiger partial charge in [0.2, 0.25) is 0 Å². The van der Waals surface area contributed by atoms with Gasteiger partial charge in [-0.15, -0.1) is 0 Å². The first-order valence-electron chi connectivity index (χ1n) is 7.62. The highest BCUT2D eigenvalue weighted by Crippen LogP contribution is 2.25. The molecule has 0 heterocycles. The maximum atomic E-state index is 10.5. The SMILES string of the molecule is [Cl-].[NH3+]C(C=O)CCNCc1cccc(OC(Cl)c2ccccc2)c1. The van der Waals surface area contributed by atoms with Crippen LogP contribution in [0.2, 0.25) is 0 Å². The molecule has 2 atom stereocenters. The number of alkyl halides is 1. The number of nitrogens with one attached hydrogen (secondary N) is 1. The second kappa shape index (κ2) is 11.0. The fourth-order valence-corrected chi connectivity index (χ4v) is 2.36. The van der Waals surface area contributed by atoms with Crippen molar-refractivity contribution in [3.63, 3.8) is 0 Å². The molecule has 0 fully saturated rings. The molecule has 0 aliphatic carbocycles. The number of rotatable bonds is 9. The molecular formula is C18H22Cl2N2O2. The Kier molecular flexibility index (Phi) is 9.42. The molecule has 0 aliphatic rings. The Bertz CT molecular complexity index is 611. The lowest BCUT2D eigenvalue weighted by atomic mass is 10.2. The summed E-state index contributed by atoms with van der Waals surface area (Å²) < 4.78 is 5.78. The van der Waals surface area contributed by atoms with Crippen molar-refractivity contribution in [3.8, 4) is 5.75 Å². The normalized spacial score (nSPS) is 12.8. The second-order valence-electron chi connectivity index (χ2n) is 5.35. The van der Waals surface area contributed by atoms with Gasteiger partial charge < -0.3 is 28.2 Å². The van der Waals surface area contributed by atoms with Crippen molar-refractivity contribution in [1.29, 1.82) is 0 Å². The van der Waals surface area contributed by atoms with E-state index in [1.165, 1.54) is 0 Å². The molecule has 4 N–H and O–H groups in total. The van der Waals surface area contributed by atoms with Crippen molar-refractivity contribution in [2.75, 3.05) is 6.54 Å². The molecular weight excluding hydrogens is 347 g/mol. The third-order valence-corrected chi connectivity index (χ3v) is 3.75. The van der Waals surface area contributed by atoms with Crippen molar-refractivity contribution in [2.45, 2.75) is 24.6 Å². The molecule has 0 amide bonds. The van der Waals surface area contributed by atoms with Gasteiger partial charge >= 0.3 is 0 Å². The van der Waals surface area contributed by atoms with E-state index >= 15 is 0 Å². The number of quaternary nitrogens is 1. The number of carbonyl (C=O) groups is 1. The molecule has 0 saturated carbocycles. The van der Waals surface area contributed by atoms with Gasteiger partial charge in [0.15, 0.2) is 11.8 Å². The number of halogens is 2. The molecule has 2 aromatic carbocycles. The Hall–Kier alpha value is -1.59. The first kappa shape index (κ1) is 20.5. The zero-order chi connectivity index (χ0) is 16.5. The minimum Gasteiger partial charge on any atom is -1.00 e. The highest BCUT2D eigenvalue weighted by molar-refractivity contribution is 6.20. The Morgan fingerprint density at radius 3 is 2.62 bits per heavy atom. The van der Waals surface area contributed by atoms with Crippen LogP contribution in [0.15, 0.2) is 54.6 Å². The van der Waals surface area contributed by atoms with E-state index < -0.39 is 5.56 Å². The van der Waals surface area contributed by atoms with Crippen LogP contribution in [0.1, 0.15) is 23.1 Å². The first-order chi connectivity index (χ1) is 11.2. The van der Waals surface area contributed by atoms with Crippen LogP contribution in [0.5, 0.6) is 5.75 Å². The van der Waals surface area contributed by atoms with Gasteiger partial charge in [0.05, 0.1) is 0 Å². The molecule has 0 radical (unpaired) electrons. The number of aldehydes is 1. The second-order valence-corrected chi connectivity index (χ2v) is 5.75. The van der Waals surface area contributed by atoms with Crippen LogP contribution >= 0.6 is 11.6 Å². The summed E-state index contributed by atoms with van der Waals surface area (Å²) in [5.41, 5.74) is 5.25. The average molecular weight is 369 g/mol. The molecule has 130 valence electrons. The van der Waals surface area contributed by atoms with Crippen molar-refractivity contribution < 1.29 is 27.7 Å².